The summed E-state index contributed by atoms with van der Waals surface area (Å²) in [6, 6.07) is 14.0. The number of nitrogen functional groups attached to an aromatic ring is 1. The maximum absolute atomic E-state index is 12.2. The number of hydrogen-bond donors (Lipinski definition) is 2. The van der Waals surface area contributed by atoms with Crippen LogP contribution < -0.4 is 16.0 Å². The molecule has 21 heavy (non-hydrogen) atoms. The molecule has 0 unspecified atom stereocenters. The molecule has 1 amide bonds. The number of nitrogens with one attached hydrogen (secondary N) is 1. The molecule has 0 atom stereocenters. The molecule has 0 radical (unpaired) electrons. The Bertz CT molecular complexity index is 699. The van der Waals surface area contributed by atoms with Crippen molar-refractivity contribution in [2.24, 2.45) is 0 Å². The molecule has 0 heterocycles. The van der Waals surface area contributed by atoms with Crippen molar-refractivity contribution in [3.05, 3.63) is 53.6 Å². The highest BCUT2D eigenvalue weighted by Crippen LogP contribution is 2.21. The first-order chi connectivity index (χ1) is 10.0. The zero-order valence-electron chi connectivity index (χ0n) is 11.9. The molecule has 0 aliphatic carbocycles. The van der Waals surface area contributed by atoms with Gasteiger partial charge in [0.25, 0.3) is 5.91 Å². The van der Waals surface area contributed by atoms with Crippen LogP contribution in [0, 0.1) is 11.3 Å². The standard InChI is InChI=1S/C16H16N4O/c1-20(2)13-6-4-12(5-7-13)16(21)19-15-8-3-11(10-17)9-14(15)18/h3-9H,18H2,1-2H3,(H,19,21). The molecule has 106 valence electrons. The van der Waals surface area contributed by atoms with Gasteiger partial charge in [0.2, 0.25) is 0 Å². The Labute approximate surface area is 123 Å². The first kappa shape index (κ1) is 14.4. The Morgan fingerprint density at radius 1 is 1.19 bits per heavy atom. The average molecular weight is 280 g/mol. The lowest BCUT2D eigenvalue weighted by Crippen LogP contribution is -2.14. The molecule has 5 heteroatoms. The number of hydrogen-bond acceptors (Lipinski definition) is 4. The molecule has 0 aromatic heterocycles. The van der Waals surface area contributed by atoms with E-state index in [2.05, 4.69) is 5.32 Å². The highest BCUT2D eigenvalue weighted by atomic mass is 16.1. The van der Waals surface area contributed by atoms with E-state index in [-0.39, 0.29) is 5.91 Å². The van der Waals surface area contributed by atoms with Crippen LogP contribution in [-0.4, -0.2) is 20.0 Å². The smallest absolute Gasteiger partial charge is 0.255 e. The van der Waals surface area contributed by atoms with Crippen LogP contribution in [-0.2, 0) is 0 Å². The predicted octanol–water partition coefficient (Wildman–Crippen LogP) is 2.46. The number of amides is 1. The minimum atomic E-state index is -0.239. The van der Waals surface area contributed by atoms with Crippen molar-refractivity contribution in [1.82, 2.24) is 0 Å². The van der Waals surface area contributed by atoms with Crippen LogP contribution in [0.5, 0.6) is 0 Å². The van der Waals surface area contributed by atoms with Gasteiger partial charge in [0.15, 0.2) is 0 Å². The maximum atomic E-state index is 12.2. The summed E-state index contributed by atoms with van der Waals surface area (Å²) >= 11 is 0. The Hall–Kier alpha value is -3.00. The van der Waals surface area contributed by atoms with Crippen LogP contribution in [0.2, 0.25) is 0 Å². The van der Waals surface area contributed by atoms with E-state index in [0.717, 1.165) is 5.69 Å². The summed E-state index contributed by atoms with van der Waals surface area (Å²) in [6.07, 6.45) is 0. The van der Waals surface area contributed by atoms with E-state index in [9.17, 15) is 4.79 Å². The summed E-state index contributed by atoms with van der Waals surface area (Å²) in [5.74, 6) is -0.239. The largest absolute Gasteiger partial charge is 0.397 e. The van der Waals surface area contributed by atoms with Gasteiger partial charge in [0.1, 0.15) is 0 Å². The minimum Gasteiger partial charge on any atom is -0.397 e. The first-order valence-electron chi connectivity index (χ1n) is 6.39. The number of carbonyl (C=O) groups excluding carboxylic acids is 1. The molecule has 2 aromatic rings. The summed E-state index contributed by atoms with van der Waals surface area (Å²) in [5, 5.41) is 11.5. The van der Waals surface area contributed by atoms with Crippen LogP contribution >= 0.6 is 0 Å². The number of nitriles is 1. The number of carbonyl (C=O) groups is 1. The Morgan fingerprint density at radius 2 is 1.86 bits per heavy atom. The number of benzene rings is 2. The van der Waals surface area contributed by atoms with Gasteiger partial charge in [-0.05, 0) is 42.5 Å². The molecule has 0 bridgehead atoms. The average Bonchev–Trinajstić information content (AvgIpc) is 2.49. The topological polar surface area (TPSA) is 82.2 Å². The van der Waals surface area contributed by atoms with E-state index in [0.29, 0.717) is 22.5 Å². The molecule has 5 nitrogen and oxygen atoms in total. The molecule has 0 spiro atoms. The first-order valence-corrected chi connectivity index (χ1v) is 6.39. The molecule has 2 aromatic carbocycles. The molecule has 3 N–H and O–H groups in total. The molecule has 2 rings (SSSR count). The molecule has 0 fully saturated rings. The normalized spacial score (nSPS) is 9.76. The van der Waals surface area contributed by atoms with Crippen molar-refractivity contribution in [2.75, 3.05) is 30.0 Å². The van der Waals surface area contributed by atoms with Gasteiger partial charge < -0.3 is 16.0 Å². The van der Waals surface area contributed by atoms with Crippen LogP contribution in [0.25, 0.3) is 0 Å². The van der Waals surface area contributed by atoms with Crippen molar-refractivity contribution < 1.29 is 4.79 Å². The summed E-state index contributed by atoms with van der Waals surface area (Å²) < 4.78 is 0. The Kier molecular flexibility index (Phi) is 4.10. The third-order valence-electron chi connectivity index (χ3n) is 3.07. The van der Waals surface area contributed by atoms with Gasteiger partial charge in [0.05, 0.1) is 23.0 Å². The van der Waals surface area contributed by atoms with Crippen LogP contribution in [0.4, 0.5) is 17.1 Å². The number of nitrogens with zero attached hydrogens (tertiary/aromatic N) is 2. The minimum absolute atomic E-state index is 0.239. The Balaban J connectivity index is 2.16. The highest BCUT2D eigenvalue weighted by molar-refractivity contribution is 6.05. The molecule has 0 saturated carbocycles. The van der Waals surface area contributed by atoms with Gasteiger partial charge >= 0.3 is 0 Å². The summed E-state index contributed by atoms with van der Waals surface area (Å²) in [6.45, 7) is 0. The Morgan fingerprint density at radius 3 is 2.38 bits per heavy atom. The zero-order valence-corrected chi connectivity index (χ0v) is 11.9. The molecular weight excluding hydrogens is 264 g/mol. The third kappa shape index (κ3) is 3.31. The molecule has 0 aliphatic rings. The number of rotatable bonds is 3. The van der Waals surface area contributed by atoms with Crippen molar-refractivity contribution in [3.8, 4) is 6.07 Å². The lowest BCUT2D eigenvalue weighted by atomic mass is 10.1. The van der Waals surface area contributed by atoms with Gasteiger partial charge in [-0.1, -0.05) is 0 Å². The third-order valence-corrected chi connectivity index (χ3v) is 3.07. The van der Waals surface area contributed by atoms with E-state index < -0.39 is 0 Å². The SMILES string of the molecule is CN(C)c1ccc(C(=O)Nc2ccc(C#N)cc2N)cc1. The number of anilines is 3. The van der Waals surface area contributed by atoms with Crippen LogP contribution in [0.3, 0.4) is 0 Å². The van der Waals surface area contributed by atoms with Crippen LogP contribution in [0.1, 0.15) is 15.9 Å². The van der Waals surface area contributed by atoms with E-state index in [1.54, 1.807) is 24.3 Å². The summed E-state index contributed by atoms with van der Waals surface area (Å²) in [5.41, 5.74) is 8.70. The lowest BCUT2D eigenvalue weighted by Gasteiger charge is -2.13. The molecular formula is C16H16N4O. The lowest BCUT2D eigenvalue weighted by molar-refractivity contribution is 0.102. The zero-order chi connectivity index (χ0) is 15.4. The van der Waals surface area contributed by atoms with Crippen LogP contribution in [0.15, 0.2) is 42.5 Å². The van der Waals surface area contributed by atoms with Gasteiger partial charge in [-0.3, -0.25) is 4.79 Å². The second-order valence-electron chi connectivity index (χ2n) is 4.81. The van der Waals surface area contributed by atoms with E-state index in [4.69, 9.17) is 11.0 Å². The van der Waals surface area contributed by atoms with Gasteiger partial charge in [-0.2, -0.15) is 5.26 Å². The van der Waals surface area contributed by atoms with Gasteiger partial charge in [-0.25, -0.2) is 0 Å². The van der Waals surface area contributed by atoms with Crippen molar-refractivity contribution in [1.29, 1.82) is 5.26 Å². The fraction of sp³-hybridized carbons (Fsp3) is 0.125. The summed E-state index contributed by atoms with van der Waals surface area (Å²) in [4.78, 5) is 14.1. The molecule has 0 saturated heterocycles. The van der Waals surface area contributed by atoms with Crippen molar-refractivity contribution >= 4 is 23.0 Å². The number of nitrogens with two attached hydrogens (primary N) is 1. The van der Waals surface area contributed by atoms with Crippen molar-refractivity contribution in [3.63, 3.8) is 0 Å². The quantitative estimate of drug-likeness (QED) is 0.846. The van der Waals surface area contributed by atoms with E-state index in [1.165, 1.54) is 6.07 Å². The fourth-order valence-electron chi connectivity index (χ4n) is 1.85. The second-order valence-corrected chi connectivity index (χ2v) is 4.81. The maximum Gasteiger partial charge on any atom is 0.255 e. The van der Waals surface area contributed by atoms with Crippen molar-refractivity contribution in [2.45, 2.75) is 0 Å². The monoisotopic (exact) mass is 280 g/mol. The predicted molar refractivity (Wildman–Crippen MR) is 84.3 cm³/mol. The van der Waals surface area contributed by atoms with E-state index in [1.807, 2.05) is 37.2 Å². The van der Waals surface area contributed by atoms with Gasteiger partial charge in [-0.15, -0.1) is 0 Å². The van der Waals surface area contributed by atoms with E-state index >= 15 is 0 Å². The fourth-order valence-corrected chi connectivity index (χ4v) is 1.85. The molecule has 0 aliphatic heterocycles. The second kappa shape index (κ2) is 5.97. The van der Waals surface area contributed by atoms with Gasteiger partial charge in [0, 0.05) is 25.3 Å². The highest BCUT2D eigenvalue weighted by Gasteiger charge is 2.09. The summed E-state index contributed by atoms with van der Waals surface area (Å²) in [7, 11) is 3.87.